The Morgan fingerprint density at radius 3 is 2.00 bits per heavy atom. The molecule has 17 heavy (non-hydrogen) atoms. The third-order valence-corrected chi connectivity index (χ3v) is 2.83. The average molecular weight is 243 g/mol. The van der Waals surface area contributed by atoms with E-state index >= 15 is 0 Å². The van der Waals surface area contributed by atoms with Gasteiger partial charge in [0.2, 0.25) is 11.8 Å². The monoisotopic (exact) mass is 243 g/mol. The topological polar surface area (TPSA) is 75.4 Å². The summed E-state index contributed by atoms with van der Waals surface area (Å²) in [6.45, 7) is 10.6. The van der Waals surface area contributed by atoms with E-state index in [1.165, 1.54) is 0 Å². The van der Waals surface area contributed by atoms with Crippen molar-refractivity contribution < 1.29 is 9.59 Å². The van der Waals surface area contributed by atoms with Crippen LogP contribution in [0.4, 0.5) is 0 Å². The highest BCUT2D eigenvalue weighted by atomic mass is 16.2. The standard InChI is InChI=1S/C12H25N3O2/c1-6-15(7-2)12(17)9(5)14-11(16)10(13)8(3)4/h8-10H,6-7,13H2,1-5H3,(H,14,16)/t9?,10-/m1/s1. The van der Waals surface area contributed by atoms with Gasteiger partial charge in [-0.1, -0.05) is 13.8 Å². The highest BCUT2D eigenvalue weighted by molar-refractivity contribution is 5.89. The Bertz CT molecular complexity index is 262. The van der Waals surface area contributed by atoms with Crippen molar-refractivity contribution in [2.75, 3.05) is 13.1 Å². The molecular formula is C12H25N3O2. The molecular weight excluding hydrogens is 218 g/mol. The van der Waals surface area contributed by atoms with Crippen molar-refractivity contribution in [3.8, 4) is 0 Å². The van der Waals surface area contributed by atoms with Crippen molar-refractivity contribution in [1.82, 2.24) is 10.2 Å². The third kappa shape index (κ3) is 4.73. The number of hydrogen-bond acceptors (Lipinski definition) is 3. The van der Waals surface area contributed by atoms with Gasteiger partial charge in [0.25, 0.3) is 0 Å². The van der Waals surface area contributed by atoms with Crippen LogP contribution in [0.1, 0.15) is 34.6 Å². The number of nitrogens with two attached hydrogens (primary N) is 1. The normalized spacial score (nSPS) is 14.3. The summed E-state index contributed by atoms with van der Waals surface area (Å²) in [7, 11) is 0. The zero-order chi connectivity index (χ0) is 13.6. The summed E-state index contributed by atoms with van der Waals surface area (Å²) in [6.07, 6.45) is 0. The predicted octanol–water partition coefficient (Wildman–Crippen LogP) is 0.343. The number of likely N-dealkylation sites (N-methyl/N-ethyl adjacent to an activating group) is 1. The number of hydrogen-bond donors (Lipinski definition) is 2. The average Bonchev–Trinajstić information content (AvgIpc) is 2.28. The number of nitrogens with zero attached hydrogens (tertiary/aromatic N) is 1. The summed E-state index contributed by atoms with van der Waals surface area (Å²) in [5, 5.41) is 2.65. The van der Waals surface area contributed by atoms with Crippen molar-refractivity contribution >= 4 is 11.8 Å². The van der Waals surface area contributed by atoms with E-state index in [4.69, 9.17) is 5.73 Å². The van der Waals surface area contributed by atoms with Crippen LogP contribution in [0.2, 0.25) is 0 Å². The molecule has 0 aliphatic carbocycles. The van der Waals surface area contributed by atoms with Crippen LogP contribution in [0.25, 0.3) is 0 Å². The van der Waals surface area contributed by atoms with Crippen molar-refractivity contribution in [1.29, 1.82) is 0 Å². The van der Waals surface area contributed by atoms with E-state index in [0.717, 1.165) is 0 Å². The Morgan fingerprint density at radius 1 is 1.18 bits per heavy atom. The lowest BCUT2D eigenvalue weighted by Crippen LogP contribution is -2.52. The van der Waals surface area contributed by atoms with Crippen LogP contribution in [-0.4, -0.2) is 41.9 Å². The van der Waals surface area contributed by atoms with Crippen molar-refractivity contribution in [3.05, 3.63) is 0 Å². The van der Waals surface area contributed by atoms with Gasteiger partial charge in [-0.3, -0.25) is 9.59 Å². The fourth-order valence-corrected chi connectivity index (χ4v) is 1.48. The largest absolute Gasteiger partial charge is 0.343 e. The Labute approximate surface area is 104 Å². The van der Waals surface area contributed by atoms with Gasteiger partial charge >= 0.3 is 0 Å². The number of rotatable bonds is 6. The second kappa shape index (κ2) is 7.27. The van der Waals surface area contributed by atoms with Crippen molar-refractivity contribution in [2.45, 2.75) is 46.7 Å². The summed E-state index contributed by atoms with van der Waals surface area (Å²) in [5.74, 6) is -0.280. The van der Waals surface area contributed by atoms with Gasteiger partial charge in [-0.25, -0.2) is 0 Å². The van der Waals surface area contributed by atoms with Crippen LogP contribution in [0.5, 0.6) is 0 Å². The smallest absolute Gasteiger partial charge is 0.244 e. The minimum absolute atomic E-state index is 0.0609. The Hall–Kier alpha value is -1.10. The highest BCUT2D eigenvalue weighted by Gasteiger charge is 2.23. The van der Waals surface area contributed by atoms with Gasteiger partial charge in [0, 0.05) is 13.1 Å². The predicted molar refractivity (Wildman–Crippen MR) is 68.3 cm³/mol. The van der Waals surface area contributed by atoms with E-state index < -0.39 is 12.1 Å². The number of amides is 2. The van der Waals surface area contributed by atoms with E-state index in [9.17, 15) is 9.59 Å². The molecule has 100 valence electrons. The molecule has 0 aromatic rings. The van der Waals surface area contributed by atoms with E-state index in [2.05, 4.69) is 5.32 Å². The van der Waals surface area contributed by atoms with E-state index in [0.29, 0.717) is 13.1 Å². The molecule has 0 aliphatic heterocycles. The highest BCUT2D eigenvalue weighted by Crippen LogP contribution is 2.00. The minimum atomic E-state index is -0.568. The third-order valence-electron chi connectivity index (χ3n) is 2.83. The van der Waals surface area contributed by atoms with Gasteiger partial charge in [0.15, 0.2) is 0 Å². The summed E-state index contributed by atoms with van der Waals surface area (Å²) in [5.41, 5.74) is 5.71. The van der Waals surface area contributed by atoms with Crippen LogP contribution < -0.4 is 11.1 Å². The van der Waals surface area contributed by atoms with Gasteiger partial charge < -0.3 is 16.0 Å². The van der Waals surface area contributed by atoms with Gasteiger partial charge in [0.05, 0.1) is 6.04 Å². The molecule has 1 unspecified atom stereocenters. The first-order valence-electron chi connectivity index (χ1n) is 6.19. The first kappa shape index (κ1) is 15.9. The Kier molecular flexibility index (Phi) is 6.80. The fourth-order valence-electron chi connectivity index (χ4n) is 1.48. The van der Waals surface area contributed by atoms with Gasteiger partial charge in [-0.05, 0) is 26.7 Å². The second-order valence-electron chi connectivity index (χ2n) is 4.51. The van der Waals surface area contributed by atoms with E-state index in [1.807, 2.05) is 27.7 Å². The van der Waals surface area contributed by atoms with Crippen LogP contribution in [0, 0.1) is 5.92 Å². The molecule has 0 bridgehead atoms. The Morgan fingerprint density at radius 2 is 1.65 bits per heavy atom. The fraction of sp³-hybridized carbons (Fsp3) is 0.833. The summed E-state index contributed by atoms with van der Waals surface area (Å²) < 4.78 is 0. The zero-order valence-corrected chi connectivity index (χ0v) is 11.5. The van der Waals surface area contributed by atoms with Crippen LogP contribution in [0.15, 0.2) is 0 Å². The van der Waals surface area contributed by atoms with Crippen LogP contribution in [-0.2, 0) is 9.59 Å². The van der Waals surface area contributed by atoms with Gasteiger partial charge in [-0.15, -0.1) is 0 Å². The molecule has 2 atom stereocenters. The number of carbonyl (C=O) groups excluding carboxylic acids is 2. The lowest BCUT2D eigenvalue weighted by atomic mass is 10.0. The SMILES string of the molecule is CCN(CC)C(=O)C(C)NC(=O)[C@H](N)C(C)C. The molecule has 0 aromatic heterocycles. The van der Waals surface area contributed by atoms with E-state index in [1.54, 1.807) is 11.8 Å². The quantitative estimate of drug-likeness (QED) is 0.706. The zero-order valence-electron chi connectivity index (χ0n) is 11.5. The van der Waals surface area contributed by atoms with Crippen molar-refractivity contribution in [3.63, 3.8) is 0 Å². The summed E-state index contributed by atoms with van der Waals surface area (Å²) in [4.78, 5) is 25.3. The lowest BCUT2D eigenvalue weighted by molar-refractivity contribution is -0.136. The number of nitrogens with one attached hydrogen (secondary N) is 1. The maximum Gasteiger partial charge on any atom is 0.244 e. The van der Waals surface area contributed by atoms with Gasteiger partial charge in [0.1, 0.15) is 6.04 Å². The molecule has 0 saturated heterocycles. The van der Waals surface area contributed by atoms with Gasteiger partial charge in [-0.2, -0.15) is 0 Å². The molecule has 0 saturated carbocycles. The van der Waals surface area contributed by atoms with Crippen LogP contribution >= 0.6 is 0 Å². The molecule has 0 aromatic carbocycles. The number of carbonyl (C=O) groups is 2. The molecule has 0 aliphatic rings. The molecule has 2 amide bonds. The molecule has 5 heteroatoms. The molecule has 0 fully saturated rings. The maximum absolute atomic E-state index is 11.9. The van der Waals surface area contributed by atoms with Crippen molar-refractivity contribution in [2.24, 2.45) is 11.7 Å². The van der Waals surface area contributed by atoms with E-state index in [-0.39, 0.29) is 17.7 Å². The summed E-state index contributed by atoms with van der Waals surface area (Å²) in [6, 6.07) is -1.09. The molecule has 3 N–H and O–H groups in total. The summed E-state index contributed by atoms with van der Waals surface area (Å²) >= 11 is 0. The molecule has 5 nitrogen and oxygen atoms in total. The first-order valence-corrected chi connectivity index (χ1v) is 6.19. The Balaban J connectivity index is 4.39. The molecule has 0 rings (SSSR count). The minimum Gasteiger partial charge on any atom is -0.343 e. The lowest BCUT2D eigenvalue weighted by Gasteiger charge is -2.25. The maximum atomic E-state index is 11.9. The first-order chi connectivity index (χ1) is 7.84. The molecule has 0 radical (unpaired) electrons. The second-order valence-corrected chi connectivity index (χ2v) is 4.51. The molecule has 0 heterocycles. The van der Waals surface area contributed by atoms with Crippen LogP contribution in [0.3, 0.4) is 0 Å². The molecule has 0 spiro atoms.